The van der Waals surface area contributed by atoms with E-state index in [1.54, 1.807) is 7.11 Å². The lowest BCUT2D eigenvalue weighted by Gasteiger charge is -2.21. The largest absolute Gasteiger partial charge is 0.380 e. The maximum Gasteiger partial charge on any atom is 0.0961 e. The Morgan fingerprint density at radius 2 is 2.12 bits per heavy atom. The van der Waals surface area contributed by atoms with Crippen LogP contribution in [0.15, 0.2) is 42.9 Å². The minimum absolute atomic E-state index is 0.218. The van der Waals surface area contributed by atoms with Crippen LogP contribution >= 0.6 is 0 Å². The van der Waals surface area contributed by atoms with Crippen LogP contribution in [0.25, 0.3) is 21.9 Å². The Bertz CT molecular complexity index is 1250. The first kappa shape index (κ1) is 21.2. The molecule has 4 aromatic rings. The lowest BCUT2D eigenvalue weighted by atomic mass is 9.94. The van der Waals surface area contributed by atoms with Crippen molar-refractivity contribution in [1.29, 1.82) is 0 Å². The summed E-state index contributed by atoms with van der Waals surface area (Å²) in [5.74, 6) is 0. The van der Waals surface area contributed by atoms with Gasteiger partial charge < -0.3 is 23.9 Å². The number of ether oxygens (including phenoxy) is 2. The number of aryl methyl sites for hydroxylation is 1. The zero-order valence-corrected chi connectivity index (χ0v) is 19.4. The number of imidazole rings is 1. The Labute approximate surface area is 189 Å². The molecule has 2 aromatic heterocycles. The van der Waals surface area contributed by atoms with Crippen LogP contribution in [0.1, 0.15) is 54.2 Å². The summed E-state index contributed by atoms with van der Waals surface area (Å²) in [5, 5.41) is 4.62. The molecule has 1 aliphatic heterocycles. The van der Waals surface area contributed by atoms with Crippen molar-refractivity contribution in [2.24, 2.45) is 7.05 Å². The molecule has 1 unspecified atom stereocenters. The summed E-state index contributed by atoms with van der Waals surface area (Å²) < 4.78 is 15.8. The Hall–Kier alpha value is -2.67. The minimum Gasteiger partial charge on any atom is -0.380 e. The summed E-state index contributed by atoms with van der Waals surface area (Å²) in [6, 6.07) is 11.5. The average Bonchev–Trinajstić information content (AvgIpc) is 3.53. The summed E-state index contributed by atoms with van der Waals surface area (Å²) in [6.45, 7) is 4.47. The second-order valence-corrected chi connectivity index (χ2v) is 8.90. The van der Waals surface area contributed by atoms with Gasteiger partial charge in [0.25, 0.3) is 0 Å². The third kappa shape index (κ3) is 3.72. The molecule has 1 saturated heterocycles. The standard InChI is InChI=1S/C26H32N4O2/c1-17(27-2)21-10-18(7-8-20(21)26-6-5-9-32-26)13-30-16-28-23-11-22-19(15-31-4)14-29(3)24(22)12-25(23)30/h7-8,10-12,14,16-17,26-27H,5-6,9,13,15H2,1-4H3/t17?,26-/m0/s1. The van der Waals surface area contributed by atoms with Gasteiger partial charge in [0.1, 0.15) is 0 Å². The van der Waals surface area contributed by atoms with E-state index in [4.69, 9.17) is 14.5 Å². The van der Waals surface area contributed by atoms with Gasteiger partial charge in [-0.1, -0.05) is 18.2 Å². The molecule has 6 nitrogen and oxygen atoms in total. The molecule has 32 heavy (non-hydrogen) atoms. The zero-order valence-electron chi connectivity index (χ0n) is 19.4. The third-order valence-corrected chi connectivity index (χ3v) is 6.79. The van der Waals surface area contributed by atoms with Crippen molar-refractivity contribution in [2.45, 2.75) is 45.1 Å². The van der Waals surface area contributed by atoms with Gasteiger partial charge in [0.05, 0.1) is 35.6 Å². The van der Waals surface area contributed by atoms with Crippen LogP contribution in [-0.2, 0) is 29.7 Å². The number of nitrogens with one attached hydrogen (secondary N) is 1. The number of fused-ring (bicyclic) bond motifs is 2. The van der Waals surface area contributed by atoms with Crippen LogP contribution in [0, 0.1) is 0 Å². The molecule has 0 amide bonds. The molecule has 1 fully saturated rings. The molecule has 1 aliphatic rings. The van der Waals surface area contributed by atoms with Gasteiger partial charge in [0.15, 0.2) is 0 Å². The molecule has 0 radical (unpaired) electrons. The number of rotatable bonds is 7. The maximum absolute atomic E-state index is 5.99. The number of benzene rings is 2. The van der Waals surface area contributed by atoms with Crippen LogP contribution in [0.5, 0.6) is 0 Å². The molecule has 168 valence electrons. The topological polar surface area (TPSA) is 53.2 Å². The van der Waals surface area contributed by atoms with Crippen molar-refractivity contribution >= 4 is 21.9 Å². The Balaban J connectivity index is 1.51. The van der Waals surface area contributed by atoms with Crippen LogP contribution < -0.4 is 5.32 Å². The first-order valence-electron chi connectivity index (χ1n) is 11.4. The maximum atomic E-state index is 5.99. The molecule has 6 heteroatoms. The van der Waals surface area contributed by atoms with Gasteiger partial charge in [-0.15, -0.1) is 0 Å². The van der Waals surface area contributed by atoms with Gasteiger partial charge in [-0.3, -0.25) is 0 Å². The molecular formula is C26H32N4O2. The fourth-order valence-electron chi connectivity index (χ4n) is 4.98. The lowest BCUT2D eigenvalue weighted by molar-refractivity contribution is 0.111. The smallest absolute Gasteiger partial charge is 0.0961 e. The molecule has 5 rings (SSSR count). The highest BCUT2D eigenvalue weighted by atomic mass is 16.5. The summed E-state index contributed by atoms with van der Waals surface area (Å²) in [7, 11) is 5.84. The predicted octanol–water partition coefficient (Wildman–Crippen LogP) is 4.85. The van der Waals surface area contributed by atoms with E-state index in [9.17, 15) is 0 Å². The Kier molecular flexibility index (Phi) is 5.76. The number of hydrogen-bond acceptors (Lipinski definition) is 4. The molecule has 1 N–H and O–H groups in total. The van der Waals surface area contributed by atoms with E-state index < -0.39 is 0 Å². The van der Waals surface area contributed by atoms with Gasteiger partial charge >= 0.3 is 0 Å². The van der Waals surface area contributed by atoms with Gasteiger partial charge in [0, 0.05) is 50.5 Å². The molecule has 0 aliphatic carbocycles. The first-order valence-corrected chi connectivity index (χ1v) is 11.4. The first-order chi connectivity index (χ1) is 15.6. The average molecular weight is 433 g/mol. The van der Waals surface area contributed by atoms with Crippen LogP contribution in [0.3, 0.4) is 0 Å². The number of hydrogen-bond donors (Lipinski definition) is 1. The van der Waals surface area contributed by atoms with Crippen LogP contribution in [-0.4, -0.2) is 34.9 Å². The van der Waals surface area contributed by atoms with E-state index >= 15 is 0 Å². The normalized spacial score (nSPS) is 17.6. The van der Waals surface area contributed by atoms with Crippen LogP contribution in [0.2, 0.25) is 0 Å². The fraction of sp³-hybridized carbons (Fsp3) is 0.423. The fourth-order valence-corrected chi connectivity index (χ4v) is 4.98. The highest BCUT2D eigenvalue weighted by molar-refractivity contribution is 5.96. The summed E-state index contributed by atoms with van der Waals surface area (Å²) in [4.78, 5) is 4.71. The summed E-state index contributed by atoms with van der Waals surface area (Å²) in [5.41, 5.74) is 8.47. The third-order valence-electron chi connectivity index (χ3n) is 6.79. The second kappa shape index (κ2) is 8.70. The SMILES string of the molecule is CNC(C)c1cc(Cn2cnc3cc4c(COC)cn(C)c4cc32)ccc1[C@@H]1CCCO1. The number of aromatic nitrogens is 3. The molecule has 0 spiro atoms. The monoisotopic (exact) mass is 432 g/mol. The predicted molar refractivity (Wildman–Crippen MR) is 128 cm³/mol. The lowest BCUT2D eigenvalue weighted by Crippen LogP contribution is -2.16. The van der Waals surface area contributed by atoms with Gasteiger partial charge in [0.2, 0.25) is 0 Å². The molecule has 2 aromatic carbocycles. The van der Waals surface area contributed by atoms with E-state index in [0.29, 0.717) is 6.61 Å². The Morgan fingerprint density at radius 3 is 2.88 bits per heavy atom. The van der Waals surface area contributed by atoms with Crippen molar-refractivity contribution in [3.8, 4) is 0 Å². The van der Waals surface area contributed by atoms with Crippen molar-refractivity contribution in [2.75, 3.05) is 20.8 Å². The van der Waals surface area contributed by atoms with Crippen molar-refractivity contribution in [3.05, 3.63) is 65.1 Å². The Morgan fingerprint density at radius 1 is 1.25 bits per heavy atom. The van der Waals surface area contributed by atoms with Crippen molar-refractivity contribution in [1.82, 2.24) is 19.4 Å². The van der Waals surface area contributed by atoms with E-state index in [1.165, 1.54) is 33.2 Å². The molecule has 3 heterocycles. The highest BCUT2D eigenvalue weighted by Crippen LogP contribution is 2.34. The molecular weight excluding hydrogens is 400 g/mol. The highest BCUT2D eigenvalue weighted by Gasteiger charge is 2.23. The molecule has 0 bridgehead atoms. The van der Waals surface area contributed by atoms with E-state index in [2.05, 4.69) is 65.0 Å². The van der Waals surface area contributed by atoms with Crippen molar-refractivity contribution in [3.63, 3.8) is 0 Å². The van der Waals surface area contributed by atoms with Crippen LogP contribution in [0.4, 0.5) is 0 Å². The van der Waals surface area contributed by atoms with Crippen molar-refractivity contribution < 1.29 is 9.47 Å². The summed E-state index contributed by atoms with van der Waals surface area (Å²) >= 11 is 0. The number of nitrogens with zero attached hydrogens (tertiary/aromatic N) is 3. The van der Waals surface area contributed by atoms with Gasteiger partial charge in [-0.25, -0.2) is 4.98 Å². The molecule has 0 saturated carbocycles. The molecule has 2 atom stereocenters. The zero-order chi connectivity index (χ0) is 22.2. The van der Waals surface area contributed by atoms with Gasteiger partial charge in [-0.05, 0) is 55.6 Å². The van der Waals surface area contributed by atoms with E-state index in [-0.39, 0.29) is 12.1 Å². The summed E-state index contributed by atoms with van der Waals surface area (Å²) in [6.07, 6.45) is 6.56. The van der Waals surface area contributed by atoms with E-state index in [0.717, 1.165) is 37.0 Å². The minimum atomic E-state index is 0.218. The second-order valence-electron chi connectivity index (χ2n) is 8.90. The van der Waals surface area contributed by atoms with E-state index in [1.807, 2.05) is 13.4 Å². The van der Waals surface area contributed by atoms with Gasteiger partial charge in [-0.2, -0.15) is 0 Å². The quantitative estimate of drug-likeness (QED) is 0.453. The number of methoxy groups -OCH3 is 1.